The van der Waals surface area contributed by atoms with Crippen molar-refractivity contribution in [1.82, 2.24) is 0 Å². The van der Waals surface area contributed by atoms with Gasteiger partial charge in [0.05, 0.1) is 0 Å². The molecule has 0 saturated carbocycles. The standard InChI is InChI=1S/C4H3F6O/c1-3(7,8)11-4(9,10)2(5)6/h1H3. The van der Waals surface area contributed by atoms with Gasteiger partial charge in [0.2, 0.25) is 0 Å². The molecule has 0 aliphatic heterocycles. The van der Waals surface area contributed by atoms with Crippen LogP contribution in [0.5, 0.6) is 0 Å². The van der Waals surface area contributed by atoms with E-state index < -0.39 is 18.6 Å². The fourth-order valence-electron chi connectivity index (χ4n) is 0.264. The van der Waals surface area contributed by atoms with Crippen LogP contribution in [-0.4, -0.2) is 12.2 Å². The number of hydrogen-bond donors (Lipinski definition) is 0. The monoisotopic (exact) mass is 181 g/mol. The number of hydrogen-bond acceptors (Lipinski definition) is 1. The smallest absolute Gasteiger partial charge is 0.250 e. The Kier molecular flexibility index (Phi) is 2.76. The predicted molar refractivity (Wildman–Crippen MR) is 22.1 cm³/mol. The fraction of sp³-hybridized carbons (Fsp3) is 0.750. The van der Waals surface area contributed by atoms with E-state index in [4.69, 9.17) is 0 Å². The molecule has 0 aliphatic carbocycles. The maximum Gasteiger partial charge on any atom is 0.430 e. The molecule has 0 aliphatic rings. The number of ether oxygens (including phenoxy) is 1. The summed E-state index contributed by atoms with van der Waals surface area (Å²) in [5.41, 5.74) is 0. The molecule has 0 N–H and O–H groups in total. The Labute approximate surface area is 57.9 Å². The van der Waals surface area contributed by atoms with Crippen molar-refractivity contribution in [2.24, 2.45) is 0 Å². The second-order valence-corrected chi connectivity index (χ2v) is 1.69. The molecule has 0 saturated heterocycles. The molecule has 11 heavy (non-hydrogen) atoms. The fourth-order valence-corrected chi connectivity index (χ4v) is 0.264. The largest absolute Gasteiger partial charge is 0.430 e. The zero-order chi connectivity index (χ0) is 9.28. The van der Waals surface area contributed by atoms with Gasteiger partial charge in [-0.15, -0.1) is 0 Å². The Balaban J connectivity index is 4.13. The molecule has 1 nitrogen and oxygen atoms in total. The molecular formula is C4H3F6O. The van der Waals surface area contributed by atoms with Gasteiger partial charge in [0.25, 0.3) is 0 Å². The Morgan fingerprint density at radius 2 is 1.45 bits per heavy atom. The van der Waals surface area contributed by atoms with Crippen LogP contribution < -0.4 is 0 Å². The van der Waals surface area contributed by atoms with Gasteiger partial charge in [0, 0.05) is 6.92 Å². The molecule has 0 bridgehead atoms. The van der Waals surface area contributed by atoms with Crippen molar-refractivity contribution in [2.45, 2.75) is 19.1 Å². The van der Waals surface area contributed by atoms with Gasteiger partial charge in [-0.1, -0.05) is 0 Å². The van der Waals surface area contributed by atoms with Crippen LogP contribution in [0.2, 0.25) is 0 Å². The average molecular weight is 181 g/mol. The topological polar surface area (TPSA) is 9.23 Å². The zero-order valence-corrected chi connectivity index (χ0v) is 5.18. The molecule has 0 heterocycles. The van der Waals surface area contributed by atoms with E-state index in [2.05, 4.69) is 4.74 Å². The lowest BCUT2D eigenvalue weighted by molar-refractivity contribution is -0.376. The first-order valence-electron chi connectivity index (χ1n) is 2.29. The van der Waals surface area contributed by atoms with Gasteiger partial charge in [0.1, 0.15) is 0 Å². The zero-order valence-electron chi connectivity index (χ0n) is 5.18. The molecule has 0 aromatic rings. The van der Waals surface area contributed by atoms with E-state index in [0.717, 1.165) is 0 Å². The minimum Gasteiger partial charge on any atom is -0.250 e. The van der Waals surface area contributed by atoms with E-state index in [1.807, 2.05) is 0 Å². The second kappa shape index (κ2) is 2.88. The third kappa shape index (κ3) is 4.07. The molecule has 0 unspecified atom stereocenters. The van der Waals surface area contributed by atoms with E-state index in [1.54, 1.807) is 0 Å². The lowest BCUT2D eigenvalue weighted by Gasteiger charge is -2.18. The first-order valence-corrected chi connectivity index (χ1v) is 2.29. The summed E-state index contributed by atoms with van der Waals surface area (Å²) >= 11 is 0. The van der Waals surface area contributed by atoms with Gasteiger partial charge in [-0.3, -0.25) is 4.74 Å². The molecule has 7 heteroatoms. The van der Waals surface area contributed by atoms with Crippen LogP contribution in [-0.2, 0) is 4.74 Å². The quantitative estimate of drug-likeness (QED) is 0.608. The van der Waals surface area contributed by atoms with Crippen molar-refractivity contribution in [1.29, 1.82) is 0 Å². The van der Waals surface area contributed by atoms with E-state index >= 15 is 0 Å². The van der Waals surface area contributed by atoms with Crippen LogP contribution in [0.15, 0.2) is 0 Å². The molecule has 0 atom stereocenters. The van der Waals surface area contributed by atoms with Crippen molar-refractivity contribution in [2.75, 3.05) is 0 Å². The Hall–Kier alpha value is -0.460. The summed E-state index contributed by atoms with van der Waals surface area (Å²) in [6, 6.07) is 0. The summed E-state index contributed by atoms with van der Waals surface area (Å²) in [7, 11) is 0. The van der Waals surface area contributed by atoms with Gasteiger partial charge in [-0.2, -0.15) is 26.3 Å². The summed E-state index contributed by atoms with van der Waals surface area (Å²) < 4.78 is 70.7. The highest BCUT2D eigenvalue weighted by molar-refractivity contribution is 4.73. The number of rotatable bonds is 3. The SMILES string of the molecule is CC(F)(F)OC(F)(F)[C](F)F. The van der Waals surface area contributed by atoms with Crippen molar-refractivity contribution in [3.63, 3.8) is 0 Å². The molecule has 0 aromatic heterocycles. The van der Waals surface area contributed by atoms with Crippen LogP contribution in [0.1, 0.15) is 6.92 Å². The van der Waals surface area contributed by atoms with E-state index in [-0.39, 0.29) is 6.92 Å². The van der Waals surface area contributed by atoms with Crippen molar-refractivity contribution < 1.29 is 31.1 Å². The first-order chi connectivity index (χ1) is 4.65. The molecule has 0 fully saturated rings. The average Bonchev–Trinajstić information content (AvgIpc) is 1.56. The molecule has 1 radical (unpaired) electrons. The molecule has 0 amide bonds. The van der Waals surface area contributed by atoms with E-state index in [9.17, 15) is 26.3 Å². The maximum atomic E-state index is 11.6. The molecule has 0 rings (SSSR count). The predicted octanol–water partition coefficient (Wildman–Crippen LogP) is 2.64. The summed E-state index contributed by atoms with van der Waals surface area (Å²) in [5, 5.41) is 0. The minimum atomic E-state index is -5.18. The summed E-state index contributed by atoms with van der Waals surface area (Å²) in [6.07, 6.45) is -13.0. The Bertz CT molecular complexity index is 127. The highest BCUT2D eigenvalue weighted by atomic mass is 19.3. The van der Waals surface area contributed by atoms with E-state index in [1.165, 1.54) is 0 Å². The van der Waals surface area contributed by atoms with Crippen molar-refractivity contribution >= 4 is 0 Å². The summed E-state index contributed by atoms with van der Waals surface area (Å²) in [5.74, 6) is 0. The minimum absolute atomic E-state index is 0.0656. The lowest BCUT2D eigenvalue weighted by atomic mass is 10.6. The summed E-state index contributed by atoms with van der Waals surface area (Å²) in [6.45, 7) is -0.0656. The van der Waals surface area contributed by atoms with Crippen LogP contribution in [0.3, 0.4) is 0 Å². The third-order valence-corrected chi connectivity index (χ3v) is 0.527. The molecule has 0 spiro atoms. The molecule has 0 aromatic carbocycles. The normalized spacial score (nSPS) is 14.2. The van der Waals surface area contributed by atoms with E-state index in [0.29, 0.717) is 0 Å². The molecular weight excluding hydrogens is 178 g/mol. The maximum absolute atomic E-state index is 11.6. The number of alkyl halides is 4. The number of halogens is 6. The third-order valence-electron chi connectivity index (χ3n) is 0.527. The van der Waals surface area contributed by atoms with Crippen molar-refractivity contribution in [3.05, 3.63) is 6.43 Å². The highest BCUT2D eigenvalue weighted by Gasteiger charge is 2.50. The Morgan fingerprint density at radius 3 is 1.55 bits per heavy atom. The highest BCUT2D eigenvalue weighted by Crippen LogP contribution is 2.35. The van der Waals surface area contributed by atoms with Gasteiger partial charge < -0.3 is 0 Å². The first kappa shape index (κ1) is 10.5. The van der Waals surface area contributed by atoms with Gasteiger partial charge in [-0.05, 0) is 0 Å². The summed E-state index contributed by atoms with van der Waals surface area (Å²) in [4.78, 5) is 0. The second-order valence-electron chi connectivity index (χ2n) is 1.69. The molecule has 67 valence electrons. The van der Waals surface area contributed by atoms with Gasteiger partial charge in [0.15, 0.2) is 0 Å². The van der Waals surface area contributed by atoms with Crippen LogP contribution >= 0.6 is 0 Å². The van der Waals surface area contributed by atoms with Gasteiger partial charge in [-0.25, -0.2) is 0 Å². The van der Waals surface area contributed by atoms with Crippen LogP contribution in [0.4, 0.5) is 26.3 Å². The Morgan fingerprint density at radius 1 is 1.09 bits per heavy atom. The van der Waals surface area contributed by atoms with Crippen LogP contribution in [0.25, 0.3) is 0 Å². The van der Waals surface area contributed by atoms with Crippen LogP contribution in [0, 0.1) is 6.43 Å². The van der Waals surface area contributed by atoms with Crippen molar-refractivity contribution in [3.8, 4) is 0 Å². The van der Waals surface area contributed by atoms with Gasteiger partial charge >= 0.3 is 18.6 Å². The lowest BCUT2D eigenvalue weighted by Crippen LogP contribution is -2.33.